The van der Waals surface area contributed by atoms with Crippen LogP contribution in [-0.2, 0) is 4.74 Å². The molecule has 1 nitrogen and oxygen atoms in total. The molecular formula is C6H10GaO. The van der Waals surface area contributed by atoms with E-state index in [-0.39, 0.29) is 19.8 Å². The maximum Gasteiger partial charge on any atom is 0.0649 e. The zero-order chi connectivity index (χ0) is 5.54. The molecule has 0 atom stereocenters. The van der Waals surface area contributed by atoms with Crippen LogP contribution >= 0.6 is 0 Å². The maximum absolute atomic E-state index is 4.90. The smallest absolute Gasteiger partial charge is 0.0649 e. The van der Waals surface area contributed by atoms with Crippen LogP contribution in [0.25, 0.3) is 0 Å². The van der Waals surface area contributed by atoms with Crippen molar-refractivity contribution < 1.29 is 4.74 Å². The molecule has 0 amide bonds. The standard InChI is InChI=1S/C6H10O.Ga/c1-3-5-7-6-4-2;/h3-4H,1-2,5-6H2;. The van der Waals surface area contributed by atoms with Gasteiger partial charge in [0, 0.05) is 19.8 Å². The Hall–Kier alpha value is 0.0764. The van der Waals surface area contributed by atoms with E-state index in [1.54, 1.807) is 12.2 Å². The zero-order valence-corrected chi connectivity index (χ0v) is 7.39. The molecule has 0 aromatic heterocycles. The average Bonchev–Trinajstić information content (AvgIpc) is 1.69. The number of rotatable bonds is 4. The molecule has 3 radical (unpaired) electrons. The molecule has 0 saturated carbocycles. The van der Waals surface area contributed by atoms with E-state index in [0.29, 0.717) is 13.2 Å². The van der Waals surface area contributed by atoms with Gasteiger partial charge in [-0.3, -0.25) is 0 Å². The Labute approximate surface area is 63.5 Å². The molecule has 43 valence electrons. The summed E-state index contributed by atoms with van der Waals surface area (Å²) in [5.74, 6) is 0. The molecule has 0 spiro atoms. The number of ether oxygens (including phenoxy) is 1. The summed E-state index contributed by atoms with van der Waals surface area (Å²) in [5.41, 5.74) is 0. The third-order valence-electron chi connectivity index (χ3n) is 0.471. The molecule has 0 unspecified atom stereocenters. The van der Waals surface area contributed by atoms with Crippen molar-refractivity contribution in [3.8, 4) is 0 Å². The predicted octanol–water partition coefficient (Wildman–Crippen LogP) is 0.994. The molecule has 0 N–H and O–H groups in total. The fourth-order valence-corrected chi connectivity index (χ4v) is 0.235. The summed E-state index contributed by atoms with van der Waals surface area (Å²) in [5, 5.41) is 0. The first kappa shape index (κ1) is 11.0. The molecule has 0 saturated heterocycles. The second-order valence-electron chi connectivity index (χ2n) is 1.11. The Balaban J connectivity index is 0. The fraction of sp³-hybridized carbons (Fsp3) is 0.333. The molecule has 0 aromatic rings. The first-order valence-electron chi connectivity index (χ1n) is 2.21. The van der Waals surface area contributed by atoms with Gasteiger partial charge in [0.05, 0.1) is 13.2 Å². The quantitative estimate of drug-likeness (QED) is 0.345. The molecule has 0 rings (SSSR count). The summed E-state index contributed by atoms with van der Waals surface area (Å²) in [6.07, 6.45) is 3.42. The first-order chi connectivity index (χ1) is 3.41. The SMILES string of the molecule is C=CCOCC=C.[Ga]. The Morgan fingerprint density at radius 3 is 1.75 bits per heavy atom. The molecule has 0 fully saturated rings. The van der Waals surface area contributed by atoms with Crippen molar-refractivity contribution in [1.82, 2.24) is 0 Å². The summed E-state index contributed by atoms with van der Waals surface area (Å²) < 4.78 is 4.90. The van der Waals surface area contributed by atoms with Gasteiger partial charge in [0.2, 0.25) is 0 Å². The maximum atomic E-state index is 4.90. The summed E-state index contributed by atoms with van der Waals surface area (Å²) in [4.78, 5) is 0. The first-order valence-corrected chi connectivity index (χ1v) is 2.21. The largest absolute Gasteiger partial charge is 0.373 e. The van der Waals surface area contributed by atoms with Gasteiger partial charge in [-0.05, 0) is 0 Å². The predicted molar refractivity (Wildman–Crippen MR) is 37.0 cm³/mol. The van der Waals surface area contributed by atoms with Crippen molar-refractivity contribution in [3.05, 3.63) is 25.3 Å². The summed E-state index contributed by atoms with van der Waals surface area (Å²) in [6.45, 7) is 8.18. The molecule has 0 aliphatic rings. The Bertz CT molecular complexity index is 53.5. The van der Waals surface area contributed by atoms with E-state index in [9.17, 15) is 0 Å². The van der Waals surface area contributed by atoms with Gasteiger partial charge in [-0.1, -0.05) is 12.2 Å². The van der Waals surface area contributed by atoms with E-state index in [4.69, 9.17) is 4.74 Å². The van der Waals surface area contributed by atoms with Crippen LogP contribution in [0.5, 0.6) is 0 Å². The molecule has 0 aliphatic carbocycles. The molecule has 0 heterocycles. The van der Waals surface area contributed by atoms with Gasteiger partial charge in [0.1, 0.15) is 0 Å². The second kappa shape index (κ2) is 10.1. The molecule has 0 bridgehead atoms. The van der Waals surface area contributed by atoms with E-state index >= 15 is 0 Å². The molecule has 0 aromatic carbocycles. The third-order valence-corrected chi connectivity index (χ3v) is 0.471. The van der Waals surface area contributed by atoms with Crippen LogP contribution in [0.15, 0.2) is 25.3 Å². The monoisotopic (exact) mass is 167 g/mol. The zero-order valence-electron chi connectivity index (χ0n) is 4.97. The molecule has 2 heteroatoms. The van der Waals surface area contributed by atoms with Crippen molar-refractivity contribution in [2.75, 3.05) is 13.2 Å². The van der Waals surface area contributed by atoms with Gasteiger partial charge >= 0.3 is 0 Å². The van der Waals surface area contributed by atoms with Crippen LogP contribution in [-0.4, -0.2) is 33.0 Å². The molecular weight excluding hydrogens is 158 g/mol. The van der Waals surface area contributed by atoms with Crippen LogP contribution in [0.2, 0.25) is 0 Å². The van der Waals surface area contributed by atoms with Gasteiger partial charge in [-0.2, -0.15) is 0 Å². The Kier molecular flexibility index (Phi) is 13.9. The topological polar surface area (TPSA) is 9.23 Å². The van der Waals surface area contributed by atoms with E-state index < -0.39 is 0 Å². The van der Waals surface area contributed by atoms with Crippen molar-refractivity contribution >= 4 is 19.8 Å². The normalized spacial score (nSPS) is 7.00. The van der Waals surface area contributed by atoms with E-state index in [0.717, 1.165) is 0 Å². The summed E-state index contributed by atoms with van der Waals surface area (Å²) in [7, 11) is 0. The van der Waals surface area contributed by atoms with Crippen LogP contribution in [0, 0.1) is 0 Å². The molecule has 0 aliphatic heterocycles. The second-order valence-corrected chi connectivity index (χ2v) is 1.11. The van der Waals surface area contributed by atoms with Gasteiger partial charge < -0.3 is 4.74 Å². The van der Waals surface area contributed by atoms with E-state index in [2.05, 4.69) is 13.2 Å². The number of hydrogen-bond acceptors (Lipinski definition) is 1. The van der Waals surface area contributed by atoms with Gasteiger partial charge in [0.25, 0.3) is 0 Å². The minimum Gasteiger partial charge on any atom is -0.373 e. The minimum atomic E-state index is 0. The minimum absolute atomic E-state index is 0. The molecule has 8 heavy (non-hydrogen) atoms. The Morgan fingerprint density at radius 2 is 1.50 bits per heavy atom. The third kappa shape index (κ3) is 9.42. The van der Waals surface area contributed by atoms with Crippen molar-refractivity contribution in [3.63, 3.8) is 0 Å². The van der Waals surface area contributed by atoms with E-state index in [1.807, 2.05) is 0 Å². The van der Waals surface area contributed by atoms with Crippen LogP contribution in [0.3, 0.4) is 0 Å². The van der Waals surface area contributed by atoms with Crippen LogP contribution < -0.4 is 0 Å². The van der Waals surface area contributed by atoms with Crippen molar-refractivity contribution in [2.45, 2.75) is 0 Å². The Morgan fingerprint density at radius 1 is 1.12 bits per heavy atom. The number of hydrogen-bond donors (Lipinski definition) is 0. The van der Waals surface area contributed by atoms with Crippen LogP contribution in [0.4, 0.5) is 0 Å². The summed E-state index contributed by atoms with van der Waals surface area (Å²) in [6, 6.07) is 0. The van der Waals surface area contributed by atoms with Crippen LogP contribution in [0.1, 0.15) is 0 Å². The fourth-order valence-electron chi connectivity index (χ4n) is 0.235. The van der Waals surface area contributed by atoms with Gasteiger partial charge in [-0.25, -0.2) is 0 Å². The van der Waals surface area contributed by atoms with Crippen molar-refractivity contribution in [2.24, 2.45) is 0 Å². The average molecular weight is 168 g/mol. The van der Waals surface area contributed by atoms with Crippen molar-refractivity contribution in [1.29, 1.82) is 0 Å². The van der Waals surface area contributed by atoms with E-state index in [1.165, 1.54) is 0 Å². The summed E-state index contributed by atoms with van der Waals surface area (Å²) >= 11 is 0. The van der Waals surface area contributed by atoms with Gasteiger partial charge in [0.15, 0.2) is 0 Å². The van der Waals surface area contributed by atoms with Gasteiger partial charge in [-0.15, -0.1) is 13.2 Å².